The van der Waals surface area contributed by atoms with Gasteiger partial charge in [-0.25, -0.2) is 4.68 Å². The van der Waals surface area contributed by atoms with Crippen LogP contribution in [0.2, 0.25) is 0 Å². The SMILES string of the molecule is O=[N+]([O-])c1cnn(CC2CC2)c1N1CCCCCC1. The van der Waals surface area contributed by atoms with Gasteiger partial charge in [-0.15, -0.1) is 0 Å². The van der Waals surface area contributed by atoms with E-state index in [1.54, 1.807) is 0 Å². The number of nitrogens with zero attached hydrogens (tertiary/aromatic N) is 4. The first kappa shape index (κ1) is 12.4. The van der Waals surface area contributed by atoms with E-state index in [9.17, 15) is 10.1 Å². The van der Waals surface area contributed by atoms with Crippen LogP contribution in [0.4, 0.5) is 11.5 Å². The molecule has 1 saturated heterocycles. The Morgan fingerprint density at radius 1 is 1.26 bits per heavy atom. The van der Waals surface area contributed by atoms with Gasteiger partial charge in [-0.2, -0.15) is 5.10 Å². The van der Waals surface area contributed by atoms with Crippen molar-refractivity contribution in [1.82, 2.24) is 9.78 Å². The molecule has 0 bridgehead atoms. The first-order valence-corrected chi connectivity index (χ1v) is 7.21. The first-order chi connectivity index (χ1) is 9.25. The minimum Gasteiger partial charge on any atom is -0.351 e. The monoisotopic (exact) mass is 264 g/mol. The van der Waals surface area contributed by atoms with Crippen LogP contribution in [-0.4, -0.2) is 27.8 Å². The lowest BCUT2D eigenvalue weighted by atomic mass is 10.2. The lowest BCUT2D eigenvalue weighted by molar-refractivity contribution is -0.384. The predicted molar refractivity (Wildman–Crippen MR) is 72.3 cm³/mol. The second-order valence-corrected chi connectivity index (χ2v) is 5.64. The topological polar surface area (TPSA) is 64.2 Å². The maximum Gasteiger partial charge on any atom is 0.331 e. The fourth-order valence-electron chi connectivity index (χ4n) is 2.78. The molecule has 1 aromatic heterocycles. The molecule has 2 aliphatic rings. The smallest absolute Gasteiger partial charge is 0.331 e. The number of hydrogen-bond acceptors (Lipinski definition) is 4. The Bertz CT molecular complexity index is 459. The highest BCUT2D eigenvalue weighted by Crippen LogP contribution is 2.35. The molecule has 0 atom stereocenters. The molecule has 2 fully saturated rings. The molecular formula is C13H20N4O2. The summed E-state index contributed by atoms with van der Waals surface area (Å²) in [6.45, 7) is 2.66. The van der Waals surface area contributed by atoms with Crippen LogP contribution in [0.15, 0.2) is 6.20 Å². The van der Waals surface area contributed by atoms with E-state index in [-0.39, 0.29) is 10.6 Å². The summed E-state index contributed by atoms with van der Waals surface area (Å²) in [5, 5.41) is 15.4. The molecule has 0 N–H and O–H groups in total. The van der Waals surface area contributed by atoms with Crippen molar-refractivity contribution in [2.24, 2.45) is 5.92 Å². The Morgan fingerprint density at radius 2 is 1.95 bits per heavy atom. The predicted octanol–water partition coefficient (Wildman–Crippen LogP) is 2.58. The fourth-order valence-corrected chi connectivity index (χ4v) is 2.78. The maximum absolute atomic E-state index is 11.2. The Morgan fingerprint density at radius 3 is 2.53 bits per heavy atom. The molecule has 0 aromatic carbocycles. The summed E-state index contributed by atoms with van der Waals surface area (Å²) in [6.07, 6.45) is 8.56. The van der Waals surface area contributed by atoms with E-state index in [0.717, 1.165) is 38.3 Å². The van der Waals surface area contributed by atoms with E-state index in [2.05, 4.69) is 10.00 Å². The van der Waals surface area contributed by atoms with Crippen LogP contribution in [0, 0.1) is 16.0 Å². The van der Waals surface area contributed by atoms with Crippen LogP contribution in [0.5, 0.6) is 0 Å². The second-order valence-electron chi connectivity index (χ2n) is 5.64. The van der Waals surface area contributed by atoms with Crippen molar-refractivity contribution in [1.29, 1.82) is 0 Å². The number of rotatable bonds is 4. The maximum atomic E-state index is 11.2. The van der Waals surface area contributed by atoms with Crippen LogP contribution in [0.25, 0.3) is 0 Å². The molecule has 6 nitrogen and oxygen atoms in total. The third-order valence-electron chi connectivity index (χ3n) is 4.02. The Hall–Kier alpha value is -1.59. The highest BCUT2D eigenvalue weighted by Gasteiger charge is 2.30. The summed E-state index contributed by atoms with van der Waals surface area (Å²) >= 11 is 0. The second kappa shape index (κ2) is 5.19. The third-order valence-corrected chi connectivity index (χ3v) is 4.02. The van der Waals surface area contributed by atoms with Crippen molar-refractivity contribution in [3.8, 4) is 0 Å². The minimum atomic E-state index is -0.295. The van der Waals surface area contributed by atoms with E-state index < -0.39 is 0 Å². The minimum absolute atomic E-state index is 0.169. The summed E-state index contributed by atoms with van der Waals surface area (Å²) in [5.74, 6) is 1.41. The number of aromatic nitrogens is 2. The molecule has 1 aromatic rings. The summed E-state index contributed by atoms with van der Waals surface area (Å²) in [7, 11) is 0. The fraction of sp³-hybridized carbons (Fsp3) is 0.769. The molecule has 104 valence electrons. The Balaban J connectivity index is 1.89. The molecule has 1 saturated carbocycles. The van der Waals surface area contributed by atoms with Gasteiger partial charge in [-0.05, 0) is 31.6 Å². The molecule has 6 heteroatoms. The molecule has 0 spiro atoms. The van der Waals surface area contributed by atoms with Crippen LogP contribution < -0.4 is 4.90 Å². The highest BCUT2D eigenvalue weighted by molar-refractivity contribution is 5.57. The van der Waals surface area contributed by atoms with Crippen molar-refractivity contribution >= 4 is 11.5 Å². The van der Waals surface area contributed by atoms with Crippen LogP contribution >= 0.6 is 0 Å². The number of hydrogen-bond donors (Lipinski definition) is 0. The standard InChI is InChI=1S/C13H20N4O2/c18-17(19)12-9-14-16(10-11-5-6-11)13(12)15-7-3-1-2-4-8-15/h9,11H,1-8,10H2. The molecule has 0 unspecified atom stereocenters. The van der Waals surface area contributed by atoms with Gasteiger partial charge in [0.1, 0.15) is 6.20 Å². The molecule has 0 radical (unpaired) electrons. The van der Waals surface area contributed by atoms with E-state index in [1.165, 1.54) is 31.9 Å². The summed E-state index contributed by atoms with van der Waals surface area (Å²) in [5.41, 5.74) is 0.169. The zero-order valence-corrected chi connectivity index (χ0v) is 11.1. The third kappa shape index (κ3) is 2.72. The molecule has 19 heavy (non-hydrogen) atoms. The van der Waals surface area contributed by atoms with Gasteiger partial charge in [0.2, 0.25) is 5.82 Å². The molecule has 0 amide bonds. The van der Waals surface area contributed by atoms with Gasteiger partial charge < -0.3 is 4.90 Å². The van der Waals surface area contributed by atoms with Gasteiger partial charge >= 0.3 is 5.69 Å². The van der Waals surface area contributed by atoms with Gasteiger partial charge in [0.15, 0.2) is 0 Å². The zero-order valence-electron chi connectivity index (χ0n) is 11.1. The molecule has 3 rings (SSSR count). The van der Waals surface area contributed by atoms with Gasteiger partial charge in [0.25, 0.3) is 0 Å². The van der Waals surface area contributed by atoms with E-state index in [4.69, 9.17) is 0 Å². The van der Waals surface area contributed by atoms with Crippen molar-refractivity contribution in [2.45, 2.75) is 45.1 Å². The van der Waals surface area contributed by atoms with Gasteiger partial charge in [0.05, 0.1) is 4.92 Å². The first-order valence-electron chi connectivity index (χ1n) is 7.21. The van der Waals surface area contributed by atoms with E-state index in [1.807, 2.05) is 4.68 Å². The molecule has 1 aliphatic carbocycles. The number of anilines is 1. The summed E-state index contributed by atoms with van der Waals surface area (Å²) < 4.78 is 1.86. The van der Waals surface area contributed by atoms with E-state index in [0.29, 0.717) is 5.92 Å². The average Bonchev–Trinajstić information content (AvgIpc) is 3.14. The lowest BCUT2D eigenvalue weighted by Gasteiger charge is -2.22. The van der Waals surface area contributed by atoms with Crippen molar-refractivity contribution in [2.75, 3.05) is 18.0 Å². The summed E-state index contributed by atoms with van der Waals surface area (Å²) in [4.78, 5) is 13.1. The van der Waals surface area contributed by atoms with Gasteiger partial charge in [-0.3, -0.25) is 10.1 Å². The van der Waals surface area contributed by atoms with Crippen molar-refractivity contribution < 1.29 is 4.92 Å². The van der Waals surface area contributed by atoms with Crippen LogP contribution in [-0.2, 0) is 6.54 Å². The van der Waals surface area contributed by atoms with Gasteiger partial charge in [-0.1, -0.05) is 12.8 Å². The normalized spacial score (nSPS) is 20.3. The van der Waals surface area contributed by atoms with Gasteiger partial charge in [0, 0.05) is 19.6 Å². The Labute approximate surface area is 112 Å². The quantitative estimate of drug-likeness (QED) is 0.619. The Kier molecular flexibility index (Phi) is 3.40. The molecule has 1 aliphatic heterocycles. The summed E-state index contributed by atoms with van der Waals surface area (Å²) in [6, 6.07) is 0. The lowest BCUT2D eigenvalue weighted by Crippen LogP contribution is -2.27. The molecule has 2 heterocycles. The zero-order chi connectivity index (χ0) is 13.2. The highest BCUT2D eigenvalue weighted by atomic mass is 16.6. The van der Waals surface area contributed by atoms with Crippen molar-refractivity contribution in [3.63, 3.8) is 0 Å². The van der Waals surface area contributed by atoms with E-state index >= 15 is 0 Å². The average molecular weight is 264 g/mol. The van der Waals surface area contributed by atoms with Crippen molar-refractivity contribution in [3.05, 3.63) is 16.3 Å². The van der Waals surface area contributed by atoms with Crippen LogP contribution in [0.1, 0.15) is 38.5 Å². The molecular weight excluding hydrogens is 244 g/mol. The van der Waals surface area contributed by atoms with Crippen LogP contribution in [0.3, 0.4) is 0 Å². The number of nitro groups is 1. The largest absolute Gasteiger partial charge is 0.351 e.